The normalized spacial score (nSPS) is 42.9. The van der Waals surface area contributed by atoms with Crippen molar-refractivity contribution in [2.75, 3.05) is 0 Å². The molecule has 2 aliphatic heterocycles. The number of nitrogens with zero attached hydrogens (tertiary/aromatic N) is 2. The minimum atomic E-state index is -0.199. The van der Waals surface area contributed by atoms with Gasteiger partial charge in [-0.2, -0.15) is 0 Å². The lowest BCUT2D eigenvalue weighted by atomic mass is 9.60. The van der Waals surface area contributed by atoms with Crippen molar-refractivity contribution >= 4 is 23.6 Å². The Labute approximate surface area is 355 Å². The first-order valence-electron chi connectivity index (χ1n) is 25.2. The highest BCUT2D eigenvalue weighted by Crippen LogP contribution is 2.51. The number of fused-ring (bicyclic) bond motifs is 2. The van der Waals surface area contributed by atoms with E-state index in [9.17, 15) is 19.2 Å². The van der Waals surface area contributed by atoms with Gasteiger partial charge in [0.15, 0.2) is 0 Å². The number of hydrogen-bond donors (Lipinski definition) is 0. The summed E-state index contributed by atoms with van der Waals surface area (Å²) < 4.78 is 20.1. The van der Waals surface area contributed by atoms with Gasteiger partial charge in [0.2, 0.25) is 23.6 Å². The molecule has 59 heavy (non-hydrogen) atoms. The molecule has 2 heterocycles. The van der Waals surface area contributed by atoms with E-state index in [2.05, 4.69) is 20.8 Å². The SMILES string of the molecule is CC1CCC(OC2CCC(N3C(=O)C4CCC(OC5CCC(C(C)(C)C6CCC(OC7CCC8C(=O)N(C9CCCCC9)C(=O)C8C7)CC6)CC5)CC4C3=O)CC2)CC1. The summed E-state index contributed by atoms with van der Waals surface area (Å²) >= 11 is 0. The minimum absolute atomic E-state index is 0.0430. The summed E-state index contributed by atoms with van der Waals surface area (Å²) in [7, 11) is 0. The predicted octanol–water partition coefficient (Wildman–Crippen LogP) is 9.71. The van der Waals surface area contributed by atoms with Crippen LogP contribution in [0.3, 0.4) is 0 Å². The summed E-state index contributed by atoms with van der Waals surface area (Å²) in [4.78, 5) is 57.7. The average molecular weight is 819 g/mol. The number of amides is 4. The number of carbonyl (C=O) groups is 4. The molecule has 6 unspecified atom stereocenters. The van der Waals surface area contributed by atoms with Gasteiger partial charge in [0, 0.05) is 12.1 Å². The smallest absolute Gasteiger partial charge is 0.233 e. The van der Waals surface area contributed by atoms with Crippen LogP contribution in [0, 0.1) is 46.8 Å². The second-order valence-electron chi connectivity index (χ2n) is 22.2. The average Bonchev–Trinajstić information content (AvgIpc) is 3.65. The highest BCUT2D eigenvalue weighted by molar-refractivity contribution is 6.06. The fourth-order valence-electron chi connectivity index (χ4n) is 14.5. The van der Waals surface area contributed by atoms with E-state index in [1.54, 1.807) is 9.80 Å². The Morgan fingerprint density at radius 1 is 0.390 bits per heavy atom. The van der Waals surface area contributed by atoms with Gasteiger partial charge in [-0.05, 0) is 177 Å². The van der Waals surface area contributed by atoms with Crippen molar-refractivity contribution in [2.24, 2.45) is 46.8 Å². The van der Waals surface area contributed by atoms with Gasteiger partial charge in [-0.25, -0.2) is 0 Å². The van der Waals surface area contributed by atoms with Gasteiger partial charge in [-0.3, -0.25) is 29.0 Å². The number of ether oxygens (including phenoxy) is 3. The Bertz CT molecular complexity index is 1490. The Hall–Kier alpha value is -1.84. The third-order valence-electron chi connectivity index (χ3n) is 18.3. The van der Waals surface area contributed by atoms with Gasteiger partial charge < -0.3 is 14.2 Å². The van der Waals surface area contributed by atoms with E-state index in [0.29, 0.717) is 24.4 Å². The highest BCUT2D eigenvalue weighted by Gasteiger charge is 2.54. The third kappa shape index (κ3) is 8.89. The van der Waals surface area contributed by atoms with Crippen molar-refractivity contribution in [3.8, 4) is 0 Å². The molecule has 9 heteroatoms. The quantitative estimate of drug-likeness (QED) is 0.202. The maximum absolute atomic E-state index is 13.8. The Morgan fingerprint density at radius 3 is 1.17 bits per heavy atom. The van der Waals surface area contributed by atoms with Crippen molar-refractivity contribution in [3.63, 3.8) is 0 Å². The second kappa shape index (κ2) is 18.1. The molecule has 9 aliphatic rings. The zero-order valence-corrected chi connectivity index (χ0v) is 37.0. The molecule has 0 aromatic rings. The lowest BCUT2D eigenvalue weighted by Gasteiger charge is -2.47. The van der Waals surface area contributed by atoms with E-state index in [1.807, 2.05) is 0 Å². The van der Waals surface area contributed by atoms with Crippen LogP contribution >= 0.6 is 0 Å². The summed E-state index contributed by atoms with van der Waals surface area (Å²) in [6.07, 6.45) is 29.3. The van der Waals surface area contributed by atoms with Crippen molar-refractivity contribution in [1.82, 2.24) is 9.80 Å². The van der Waals surface area contributed by atoms with Crippen LogP contribution in [0.25, 0.3) is 0 Å². The molecule has 0 bridgehead atoms. The summed E-state index contributed by atoms with van der Waals surface area (Å²) in [5, 5.41) is 0. The standard InChI is InChI=1S/C50H78N2O7/c1-31-9-17-36(18-10-31)57-39-23-15-35(16-24-39)52-47(54)43-28-26-41(30-45(43)49(52)56)59-38-21-13-33(14-22-38)50(2,3)32-11-19-37(20-12-32)58-40-25-27-42-44(29-40)48(55)51(46(42)53)34-7-5-4-6-8-34/h31-45H,4-30H2,1-3H3. The third-order valence-corrected chi connectivity index (χ3v) is 18.3. The molecule has 0 aromatic carbocycles. The molecule has 7 saturated carbocycles. The summed E-state index contributed by atoms with van der Waals surface area (Å²) in [5.74, 6) is 1.96. The number of imide groups is 2. The van der Waals surface area contributed by atoms with Gasteiger partial charge in [-0.15, -0.1) is 0 Å². The highest BCUT2D eigenvalue weighted by atomic mass is 16.5. The largest absolute Gasteiger partial charge is 0.375 e. The van der Waals surface area contributed by atoms with Crippen molar-refractivity contribution in [2.45, 2.75) is 243 Å². The number of likely N-dealkylation sites (tertiary alicyclic amines) is 2. The summed E-state index contributed by atoms with van der Waals surface area (Å²) in [5.41, 5.74) is 0.269. The fourth-order valence-corrected chi connectivity index (χ4v) is 14.5. The van der Waals surface area contributed by atoms with Crippen LogP contribution in [0.1, 0.15) is 194 Å². The van der Waals surface area contributed by atoms with E-state index >= 15 is 0 Å². The van der Waals surface area contributed by atoms with Gasteiger partial charge in [-0.1, -0.05) is 40.0 Å². The molecule has 6 atom stereocenters. The monoisotopic (exact) mass is 819 g/mol. The Balaban J connectivity index is 0.688. The second-order valence-corrected chi connectivity index (χ2v) is 22.2. The Morgan fingerprint density at radius 2 is 0.729 bits per heavy atom. The molecule has 7 aliphatic carbocycles. The topological polar surface area (TPSA) is 102 Å². The molecule has 0 spiro atoms. The van der Waals surface area contributed by atoms with Crippen LogP contribution in [0.2, 0.25) is 0 Å². The molecule has 0 aromatic heterocycles. The molecule has 2 saturated heterocycles. The summed E-state index contributed by atoms with van der Waals surface area (Å²) in [6.45, 7) is 7.37. The molecular weight excluding hydrogens is 741 g/mol. The van der Waals surface area contributed by atoms with Gasteiger partial charge in [0.05, 0.1) is 60.3 Å². The van der Waals surface area contributed by atoms with Crippen LogP contribution in [-0.4, -0.2) is 82.1 Å². The maximum atomic E-state index is 13.8. The van der Waals surface area contributed by atoms with Crippen LogP contribution in [-0.2, 0) is 33.4 Å². The van der Waals surface area contributed by atoms with E-state index in [4.69, 9.17) is 14.2 Å². The molecule has 330 valence electrons. The number of carbonyl (C=O) groups excluding carboxylic acids is 4. The van der Waals surface area contributed by atoms with Crippen LogP contribution in [0.15, 0.2) is 0 Å². The van der Waals surface area contributed by atoms with Gasteiger partial charge in [0.1, 0.15) is 0 Å². The molecule has 0 radical (unpaired) electrons. The van der Waals surface area contributed by atoms with Crippen molar-refractivity contribution < 1.29 is 33.4 Å². The zero-order valence-electron chi connectivity index (χ0n) is 37.0. The van der Waals surface area contributed by atoms with Crippen molar-refractivity contribution in [1.29, 1.82) is 0 Å². The predicted molar refractivity (Wildman–Crippen MR) is 226 cm³/mol. The molecule has 0 N–H and O–H groups in total. The first-order valence-corrected chi connectivity index (χ1v) is 25.2. The number of hydrogen-bond acceptors (Lipinski definition) is 7. The van der Waals surface area contributed by atoms with Crippen LogP contribution in [0.4, 0.5) is 0 Å². The van der Waals surface area contributed by atoms with Crippen molar-refractivity contribution in [3.05, 3.63) is 0 Å². The van der Waals surface area contributed by atoms with Gasteiger partial charge in [0.25, 0.3) is 0 Å². The molecule has 4 amide bonds. The first-order chi connectivity index (χ1) is 28.5. The van der Waals surface area contributed by atoms with Gasteiger partial charge >= 0.3 is 0 Å². The van der Waals surface area contributed by atoms with Crippen LogP contribution < -0.4 is 0 Å². The van der Waals surface area contributed by atoms with E-state index in [1.165, 1.54) is 57.8 Å². The fraction of sp³-hybridized carbons (Fsp3) is 0.920. The zero-order chi connectivity index (χ0) is 40.8. The molecule has 9 rings (SSSR count). The number of rotatable bonds is 10. The minimum Gasteiger partial charge on any atom is -0.375 e. The molecule has 9 nitrogen and oxygen atoms in total. The lowest BCUT2D eigenvalue weighted by molar-refractivity contribution is -0.145. The van der Waals surface area contributed by atoms with E-state index in [0.717, 1.165) is 115 Å². The molecular formula is C50H78N2O7. The Kier molecular flexibility index (Phi) is 13.0. The first kappa shape index (κ1) is 42.5. The lowest BCUT2D eigenvalue weighted by Crippen LogP contribution is -2.44. The van der Waals surface area contributed by atoms with Crippen LogP contribution in [0.5, 0.6) is 0 Å². The summed E-state index contributed by atoms with van der Waals surface area (Å²) in [6, 6.07) is 0.177. The maximum Gasteiger partial charge on any atom is 0.233 e. The van der Waals surface area contributed by atoms with E-state index < -0.39 is 0 Å². The molecule has 9 fully saturated rings. The van der Waals surface area contributed by atoms with E-state index in [-0.39, 0.29) is 95.3 Å².